The molecule has 0 aliphatic heterocycles. The third kappa shape index (κ3) is 3.03. The van der Waals surface area contributed by atoms with E-state index in [1.165, 1.54) is 23.5 Å². The minimum Gasteiger partial charge on any atom is -0.504 e. The molecule has 1 heterocycles. The van der Waals surface area contributed by atoms with Gasteiger partial charge < -0.3 is 10.4 Å². The molecule has 0 aliphatic rings. The van der Waals surface area contributed by atoms with Gasteiger partial charge in [-0.2, -0.15) is 0 Å². The molecule has 1 aromatic carbocycles. The summed E-state index contributed by atoms with van der Waals surface area (Å²) in [7, 11) is 0. The molecule has 0 bridgehead atoms. The van der Waals surface area contributed by atoms with Gasteiger partial charge in [0.05, 0.1) is 15.6 Å². The minimum absolute atomic E-state index is 0.102. The van der Waals surface area contributed by atoms with Crippen molar-refractivity contribution >= 4 is 46.1 Å². The molecule has 0 aliphatic carbocycles. The number of hydrogen-bond acceptors (Lipinski definition) is 3. The average Bonchev–Trinajstić information content (AvgIpc) is 2.83. The van der Waals surface area contributed by atoms with E-state index >= 15 is 0 Å². The number of hydrogen-bond donors (Lipinski definition) is 2. The molecule has 0 spiro atoms. The number of aryl methyl sites for hydroxylation is 1. The van der Waals surface area contributed by atoms with Gasteiger partial charge in [0.2, 0.25) is 0 Å². The highest BCUT2D eigenvalue weighted by Crippen LogP contribution is 2.35. The number of phenols is 1. The molecule has 0 fully saturated rings. The zero-order valence-corrected chi connectivity index (χ0v) is 12.4. The number of rotatable bonds is 3. The van der Waals surface area contributed by atoms with Gasteiger partial charge in [-0.05, 0) is 35.6 Å². The van der Waals surface area contributed by atoms with E-state index in [2.05, 4.69) is 5.32 Å². The Hall–Kier alpha value is -1.23. The van der Waals surface area contributed by atoms with Crippen LogP contribution in [0.25, 0.3) is 0 Å². The molecule has 0 saturated heterocycles. The van der Waals surface area contributed by atoms with Crippen molar-refractivity contribution in [1.29, 1.82) is 0 Å². The van der Waals surface area contributed by atoms with Gasteiger partial charge in [0.15, 0.2) is 5.75 Å². The van der Waals surface area contributed by atoms with E-state index < -0.39 is 0 Å². The topological polar surface area (TPSA) is 49.3 Å². The highest BCUT2D eigenvalue weighted by atomic mass is 35.5. The molecular formula is C13H11Cl2NO2S. The first kappa shape index (κ1) is 14.2. The van der Waals surface area contributed by atoms with Gasteiger partial charge in [0, 0.05) is 5.02 Å². The van der Waals surface area contributed by atoms with Crippen LogP contribution in [0.5, 0.6) is 5.75 Å². The van der Waals surface area contributed by atoms with Crippen LogP contribution in [0.3, 0.4) is 0 Å². The first-order valence-corrected chi connectivity index (χ1v) is 7.22. The Morgan fingerprint density at radius 1 is 1.42 bits per heavy atom. The molecular weight excluding hydrogens is 305 g/mol. The Morgan fingerprint density at radius 2 is 2.16 bits per heavy atom. The summed E-state index contributed by atoms with van der Waals surface area (Å²) in [5, 5.41) is 14.7. The molecule has 100 valence electrons. The van der Waals surface area contributed by atoms with E-state index in [4.69, 9.17) is 23.2 Å². The van der Waals surface area contributed by atoms with Gasteiger partial charge in [-0.1, -0.05) is 30.1 Å². The molecule has 0 saturated carbocycles. The summed E-state index contributed by atoms with van der Waals surface area (Å²) in [4.78, 5) is 12.8. The Kier molecular flexibility index (Phi) is 4.34. The predicted molar refractivity (Wildman–Crippen MR) is 79.8 cm³/mol. The Labute approximate surface area is 124 Å². The van der Waals surface area contributed by atoms with Crippen molar-refractivity contribution in [1.82, 2.24) is 0 Å². The van der Waals surface area contributed by atoms with Crippen LogP contribution in [0, 0.1) is 0 Å². The second-order valence-corrected chi connectivity index (χ2v) is 5.63. The maximum atomic E-state index is 12.1. The molecule has 19 heavy (non-hydrogen) atoms. The van der Waals surface area contributed by atoms with Crippen LogP contribution < -0.4 is 5.32 Å². The number of aromatic hydroxyl groups is 1. The summed E-state index contributed by atoms with van der Waals surface area (Å²) in [6, 6.07) is 4.78. The number of thiophene rings is 1. The minimum atomic E-state index is -0.277. The van der Waals surface area contributed by atoms with Gasteiger partial charge in [-0.25, -0.2) is 0 Å². The fourth-order valence-corrected chi connectivity index (χ4v) is 3.04. The number of benzene rings is 1. The van der Waals surface area contributed by atoms with Crippen LogP contribution in [-0.4, -0.2) is 11.0 Å². The van der Waals surface area contributed by atoms with Crippen molar-refractivity contribution in [3.63, 3.8) is 0 Å². The highest BCUT2D eigenvalue weighted by Gasteiger charge is 2.15. The van der Waals surface area contributed by atoms with Crippen molar-refractivity contribution in [2.45, 2.75) is 13.3 Å². The summed E-state index contributed by atoms with van der Waals surface area (Å²) >= 11 is 13.0. The van der Waals surface area contributed by atoms with Crippen LogP contribution in [-0.2, 0) is 6.42 Å². The molecule has 1 aromatic heterocycles. The Morgan fingerprint density at radius 3 is 2.84 bits per heavy atom. The van der Waals surface area contributed by atoms with Crippen molar-refractivity contribution in [3.8, 4) is 5.75 Å². The number of anilines is 1. The number of nitrogens with one attached hydrogen (secondary N) is 1. The molecule has 0 radical (unpaired) electrons. The summed E-state index contributed by atoms with van der Waals surface area (Å²) in [5.41, 5.74) is 1.17. The lowest BCUT2D eigenvalue weighted by Crippen LogP contribution is -2.12. The quantitative estimate of drug-likeness (QED) is 0.815. The fourth-order valence-electron chi connectivity index (χ4n) is 1.65. The van der Waals surface area contributed by atoms with Crippen molar-refractivity contribution < 1.29 is 9.90 Å². The zero-order chi connectivity index (χ0) is 14.0. The molecule has 6 heteroatoms. The lowest BCUT2D eigenvalue weighted by molar-refractivity contribution is 0.102. The Balaban J connectivity index is 2.29. The maximum absolute atomic E-state index is 12.1. The van der Waals surface area contributed by atoms with Gasteiger partial charge in [-0.15, -0.1) is 11.3 Å². The van der Waals surface area contributed by atoms with E-state index in [1.54, 1.807) is 0 Å². The zero-order valence-electron chi connectivity index (χ0n) is 10.0. The molecule has 0 unspecified atom stereocenters. The molecule has 2 aromatic rings. The summed E-state index contributed by atoms with van der Waals surface area (Å²) in [6.45, 7) is 1.98. The monoisotopic (exact) mass is 315 g/mol. The molecule has 2 N–H and O–H groups in total. The molecule has 0 atom stereocenters. The fraction of sp³-hybridized carbons (Fsp3) is 0.154. The van der Waals surface area contributed by atoms with E-state index in [1.807, 2.05) is 18.4 Å². The van der Waals surface area contributed by atoms with Crippen LogP contribution in [0.1, 0.15) is 22.2 Å². The molecule has 2 rings (SSSR count). The normalized spacial score (nSPS) is 10.5. The van der Waals surface area contributed by atoms with Crippen LogP contribution in [0.15, 0.2) is 23.6 Å². The summed E-state index contributed by atoms with van der Waals surface area (Å²) in [6.07, 6.45) is 0.772. The standard InChI is InChI=1S/C13H11Cl2NO2S/c1-2-7-3-4-19-12(7)13(18)16-10-6-8(14)5-9(15)11(10)17/h3-6,17H,2H2,1H3,(H,16,18). The first-order chi connectivity index (χ1) is 9.02. The number of amides is 1. The predicted octanol–water partition coefficient (Wildman–Crippen LogP) is 4.58. The van der Waals surface area contributed by atoms with Gasteiger partial charge in [0.1, 0.15) is 0 Å². The van der Waals surface area contributed by atoms with E-state index in [9.17, 15) is 9.90 Å². The van der Waals surface area contributed by atoms with E-state index in [-0.39, 0.29) is 22.4 Å². The maximum Gasteiger partial charge on any atom is 0.266 e. The number of carbonyl (C=O) groups is 1. The second kappa shape index (κ2) is 5.82. The van der Waals surface area contributed by atoms with Crippen LogP contribution >= 0.6 is 34.5 Å². The van der Waals surface area contributed by atoms with Gasteiger partial charge in [-0.3, -0.25) is 4.79 Å². The Bertz CT molecular complexity index is 625. The molecule has 1 amide bonds. The molecule has 3 nitrogen and oxygen atoms in total. The SMILES string of the molecule is CCc1ccsc1C(=O)Nc1cc(Cl)cc(Cl)c1O. The van der Waals surface area contributed by atoms with E-state index in [0.717, 1.165) is 12.0 Å². The smallest absolute Gasteiger partial charge is 0.266 e. The highest BCUT2D eigenvalue weighted by molar-refractivity contribution is 7.12. The van der Waals surface area contributed by atoms with E-state index in [0.29, 0.717) is 9.90 Å². The van der Waals surface area contributed by atoms with Crippen LogP contribution in [0.4, 0.5) is 5.69 Å². The third-order valence-corrected chi connectivity index (χ3v) is 4.07. The van der Waals surface area contributed by atoms with Crippen LogP contribution in [0.2, 0.25) is 10.0 Å². The van der Waals surface area contributed by atoms with Gasteiger partial charge >= 0.3 is 0 Å². The number of phenolic OH excluding ortho intramolecular Hbond substituents is 1. The first-order valence-electron chi connectivity index (χ1n) is 5.58. The summed E-state index contributed by atoms with van der Waals surface area (Å²) in [5.74, 6) is -0.463. The number of halogens is 2. The largest absolute Gasteiger partial charge is 0.504 e. The lowest BCUT2D eigenvalue weighted by Gasteiger charge is -2.09. The van der Waals surface area contributed by atoms with Crippen molar-refractivity contribution in [2.24, 2.45) is 0 Å². The second-order valence-electron chi connectivity index (χ2n) is 3.87. The lowest BCUT2D eigenvalue weighted by atomic mass is 10.2. The van der Waals surface area contributed by atoms with Crippen molar-refractivity contribution in [3.05, 3.63) is 44.1 Å². The third-order valence-electron chi connectivity index (χ3n) is 2.61. The summed E-state index contributed by atoms with van der Waals surface area (Å²) < 4.78 is 0. The van der Waals surface area contributed by atoms with Gasteiger partial charge in [0.25, 0.3) is 5.91 Å². The average molecular weight is 316 g/mol. The van der Waals surface area contributed by atoms with Crippen molar-refractivity contribution in [2.75, 3.05) is 5.32 Å². The number of carbonyl (C=O) groups excluding carboxylic acids is 1.